The first-order valence-corrected chi connectivity index (χ1v) is 58.5. The second-order valence-corrected chi connectivity index (χ2v) is 50.4. The van der Waals surface area contributed by atoms with Crippen LogP contribution in [0, 0.1) is 0 Å². The van der Waals surface area contributed by atoms with Gasteiger partial charge in [0.25, 0.3) is 0 Å². The third-order valence-electron chi connectivity index (χ3n) is 24.3. The lowest BCUT2D eigenvalue weighted by Gasteiger charge is -2.33. The Morgan fingerprint density at radius 2 is 0.379 bits per heavy atom. The van der Waals surface area contributed by atoms with Crippen LogP contribution < -0.4 is 75.3 Å². The highest BCUT2D eigenvalue weighted by Crippen LogP contribution is 2.79. The average molecular weight is 2100 g/mol. The molecule has 0 bridgehead atoms. The molecule has 0 saturated heterocycles. The van der Waals surface area contributed by atoms with Gasteiger partial charge in [-0.3, -0.25) is 4.79 Å². The maximum Gasteiger partial charge on any atom is 0.460 e. The number of hydrogen-bond donors (Lipinski definition) is 5. The summed E-state index contributed by atoms with van der Waals surface area (Å²) in [7, 11) is -16.1. The van der Waals surface area contributed by atoms with Crippen molar-refractivity contribution in [3.63, 3.8) is 0 Å². The van der Waals surface area contributed by atoms with Crippen LogP contribution in [0.4, 0.5) is 28.4 Å². The molecule has 0 fully saturated rings. The normalized spacial score (nSPS) is 14.2. The van der Waals surface area contributed by atoms with Gasteiger partial charge >= 0.3 is 23.0 Å². The van der Waals surface area contributed by atoms with Crippen molar-refractivity contribution in [1.29, 1.82) is 0 Å². The van der Waals surface area contributed by atoms with Gasteiger partial charge in [-0.1, -0.05) is 196 Å². The third kappa shape index (κ3) is 23.7. The van der Waals surface area contributed by atoms with Gasteiger partial charge in [-0.05, 0) is 206 Å². The minimum absolute atomic E-state index is 0.0279. The topological polar surface area (TPSA) is 357 Å². The Labute approximate surface area is 846 Å². The molecule has 30 nitrogen and oxygen atoms in total. The van der Waals surface area contributed by atoms with Gasteiger partial charge in [0.2, 0.25) is 50.1 Å². The zero-order chi connectivity index (χ0) is 102. The van der Waals surface area contributed by atoms with E-state index < -0.39 is 73.1 Å². The van der Waals surface area contributed by atoms with E-state index in [0.29, 0.717) is 61.0 Å². The highest BCUT2D eigenvalue weighted by molar-refractivity contribution is 7.91. The Morgan fingerprint density at radius 1 is 0.221 bits per heavy atom. The van der Waals surface area contributed by atoms with Crippen molar-refractivity contribution in [1.82, 2.24) is 23.6 Å². The molecule has 750 valence electrons. The molecule has 16 aromatic carbocycles. The molecule has 1 unspecified atom stereocenters. The first kappa shape index (κ1) is 103. The van der Waals surface area contributed by atoms with Gasteiger partial charge in [-0.2, -0.15) is 0 Å². The molecule has 1 aliphatic heterocycles. The van der Waals surface area contributed by atoms with Crippen LogP contribution in [0.2, 0.25) is 0 Å². The molecule has 17 rings (SSSR count). The number of fused-ring (bicyclic) bond motifs is 5. The molecule has 1 aliphatic rings. The second kappa shape index (κ2) is 43.4. The fourth-order valence-corrected chi connectivity index (χ4v) is 32.6. The van der Waals surface area contributed by atoms with Crippen molar-refractivity contribution >= 4 is 162 Å². The number of benzene rings is 16. The molecule has 145 heavy (non-hydrogen) atoms. The lowest BCUT2D eigenvalue weighted by molar-refractivity contribution is 0.112. The van der Waals surface area contributed by atoms with Gasteiger partial charge in [0.15, 0.2) is 0 Å². The van der Waals surface area contributed by atoms with Crippen LogP contribution in [0.5, 0.6) is 34.5 Å². The number of carbonyl (C=O) groups excluding carboxylic acids is 1. The Balaban J connectivity index is 0.782. The maximum atomic E-state index is 14.4. The van der Waals surface area contributed by atoms with E-state index in [-0.39, 0.29) is 129 Å². The minimum Gasteiger partial charge on any atom is -0.413 e. The van der Waals surface area contributed by atoms with Gasteiger partial charge in [-0.15, -0.1) is 0 Å². The highest BCUT2D eigenvalue weighted by atomic mass is 32.2. The van der Waals surface area contributed by atoms with E-state index in [4.69, 9.17) is 40.7 Å². The average Bonchev–Trinajstić information content (AvgIpc) is 0.724. The van der Waals surface area contributed by atoms with E-state index in [9.17, 15) is 46.9 Å². The highest BCUT2D eigenvalue weighted by Gasteiger charge is 2.49. The molecular weight excluding hydrogens is 1990 g/mol. The fraction of sp³-hybridized carbons (Fsp3) is 0.187. The van der Waals surface area contributed by atoms with Crippen molar-refractivity contribution in [2.75, 3.05) is 128 Å². The molecule has 5 N–H and O–H groups in total. The summed E-state index contributed by atoms with van der Waals surface area (Å²) in [5, 5.41) is 6.52. The lowest BCUT2D eigenvalue weighted by Crippen LogP contribution is -2.26. The predicted octanol–water partition coefficient (Wildman–Crippen LogP) is 20.8. The molecule has 0 aromatic heterocycles. The van der Waals surface area contributed by atoms with E-state index in [1.807, 2.05) is 186 Å². The SMILES string of the molecule is CN(C)c1cccc2c(S(=O)(=O)NCCc3ccc(OP4(Oc5ccc(C=O)cc5)=NP(Oc5ccc(CCNS(=O)(=O)c6cccc7c(N(C)C)cccc67)cc5)(Oc5ccc(CCNS(=O)(=O)c6cccc7c(N(C)C)cccc67)cc5)=NP(Oc5ccc(CCNS(=O)(=O)c6cccc7c(N(C)C)cccc67)cc5)(Oc5ccc(CCNS(=O)(=O)c6cccc7c(N(C)C)cccc67)cc5)=N4)cc3)cccc12. The molecule has 16 aromatic rings. The number of nitrogens with zero attached hydrogens (tertiary/aromatic N) is 8. The third-order valence-corrected chi connectivity index (χ3v) is 40.1. The molecular formula is C107H110N13O17P3S5. The summed E-state index contributed by atoms with van der Waals surface area (Å²) in [6, 6.07) is 93.2. The molecule has 1 heterocycles. The number of hydrogen-bond acceptors (Lipinski definition) is 25. The van der Waals surface area contributed by atoms with Crippen LogP contribution >= 0.6 is 23.0 Å². The number of anilines is 5. The zero-order valence-corrected chi connectivity index (χ0v) is 88.0. The van der Waals surface area contributed by atoms with Crippen LogP contribution in [0.1, 0.15) is 38.2 Å². The Bertz CT molecular complexity index is 7670. The van der Waals surface area contributed by atoms with E-state index in [1.165, 1.54) is 24.3 Å². The zero-order valence-electron chi connectivity index (χ0n) is 81.2. The van der Waals surface area contributed by atoms with Crippen LogP contribution in [0.15, 0.2) is 366 Å². The number of rotatable bonds is 43. The summed E-state index contributed by atoms with van der Waals surface area (Å²) in [5.74, 6) is 0.444. The number of nitrogens with one attached hydrogen (secondary N) is 5. The quantitative estimate of drug-likeness (QED) is 0.0175. The fourth-order valence-electron chi connectivity index (χ4n) is 17.3. The Morgan fingerprint density at radius 3 is 0.545 bits per heavy atom. The second-order valence-electron chi connectivity index (χ2n) is 35.5. The van der Waals surface area contributed by atoms with Crippen LogP contribution in [-0.4, -0.2) is 152 Å². The summed E-state index contributed by atoms with van der Waals surface area (Å²) in [6.07, 6.45) is 1.61. The summed E-state index contributed by atoms with van der Waals surface area (Å²) >= 11 is 0. The van der Waals surface area contributed by atoms with E-state index >= 15 is 0 Å². The minimum atomic E-state index is -4.85. The summed E-state index contributed by atoms with van der Waals surface area (Å²) < 4.78 is 219. The van der Waals surface area contributed by atoms with E-state index in [1.54, 1.807) is 212 Å². The summed E-state index contributed by atoms with van der Waals surface area (Å²) in [6.45, 7) is -0.151. The van der Waals surface area contributed by atoms with Crippen molar-refractivity contribution in [2.45, 2.75) is 56.6 Å². The van der Waals surface area contributed by atoms with Gasteiger partial charge in [0.05, 0.1) is 24.5 Å². The van der Waals surface area contributed by atoms with Crippen LogP contribution in [0.25, 0.3) is 53.9 Å². The van der Waals surface area contributed by atoms with Gasteiger partial charge in [0, 0.05) is 191 Å². The molecule has 0 amide bonds. The Hall–Kier alpha value is -13.5. The number of carbonyl (C=O) groups is 1. The molecule has 0 aliphatic carbocycles. The van der Waals surface area contributed by atoms with Crippen molar-refractivity contribution in [2.24, 2.45) is 13.5 Å². The maximum absolute atomic E-state index is 14.4. The van der Waals surface area contributed by atoms with Crippen molar-refractivity contribution in [3.05, 3.63) is 361 Å². The monoisotopic (exact) mass is 2100 g/mol. The number of sulfonamides is 5. The first-order valence-electron chi connectivity index (χ1n) is 46.5. The number of aldehydes is 1. The standard InChI is InChI=1S/C107H110N13O17P3S5/c1-116(2)98-31-11-26-93-88(98)21-16-36-103(93)141(122,123)108-70-65-76-41-53-82(54-42-76)132-138(133-83-55-43-77(44-56-83)66-71-109-142(124,125)104-37-17-22-89-94(104)27-12-32-99(89)117(3)4)113-139(134-84-57-45-78(46-58-84)67-72-110-143(126,127)105-38-18-23-90-95(105)28-13-33-100(90)118(5)6,135-85-59-47-79(48-60-85)68-73-111-144(128,129)106-39-19-24-91-96(106)29-14-34-101(91)119(7)8)115-140(114-138,137-87-63-51-81(75-121)52-64-87)136-86-61-49-80(50-62-86)69-74-112-145(130,131)107-40-20-25-92-97(107)30-15-35-102(92)120(9)10/h11-64,75,108-112H,65-74H2,1-10H3. The molecule has 0 radical (unpaired) electrons. The summed E-state index contributed by atoms with van der Waals surface area (Å²) in [5.41, 5.74) is 7.80. The van der Waals surface area contributed by atoms with E-state index in [0.717, 1.165) is 55.4 Å². The van der Waals surface area contributed by atoms with Crippen molar-refractivity contribution in [3.8, 4) is 34.5 Å². The van der Waals surface area contributed by atoms with Crippen molar-refractivity contribution < 1.29 is 74.0 Å². The van der Waals surface area contributed by atoms with Gasteiger partial charge < -0.3 is 51.6 Å². The lowest BCUT2D eigenvalue weighted by atomic mass is 10.1. The predicted molar refractivity (Wildman–Crippen MR) is 582 cm³/mol. The first-order chi connectivity index (χ1) is 69.5. The molecule has 0 saturated carbocycles. The van der Waals surface area contributed by atoms with E-state index in [2.05, 4.69) is 23.6 Å². The largest absolute Gasteiger partial charge is 0.460 e. The van der Waals surface area contributed by atoms with Gasteiger partial charge in [0.1, 0.15) is 40.8 Å². The molecule has 1 atom stereocenters. The summed E-state index contributed by atoms with van der Waals surface area (Å²) in [4.78, 5) is 22.7. The molecule has 0 spiro atoms. The van der Waals surface area contributed by atoms with Crippen LogP contribution in [-0.2, 0) is 82.2 Å². The van der Waals surface area contributed by atoms with Gasteiger partial charge in [-0.25, -0.2) is 65.7 Å². The Kier molecular flexibility index (Phi) is 30.8. The molecule has 38 heteroatoms. The smallest absolute Gasteiger partial charge is 0.413 e. The van der Waals surface area contributed by atoms with Crippen LogP contribution in [0.3, 0.4) is 0 Å².